The number of aliphatic hydroxyl groups excluding tert-OH is 1. The van der Waals surface area contributed by atoms with Crippen molar-refractivity contribution in [2.24, 2.45) is 28.6 Å². The molecule has 2 aliphatic carbocycles. The maximum Gasteiger partial charge on any atom is 0.302 e. The number of carbonyl (C=O) groups is 2. The van der Waals surface area contributed by atoms with Crippen molar-refractivity contribution in [1.82, 2.24) is 0 Å². The SMILES string of the molecule is CC(=O)O[C@H]1CC(C)(C)C(=CCC(C)C/C=C/C(C)/C=C/C=C/C(C)/C=C/C=C(\C)C(=O)C[C@@]23O[C@]2(C)C[C@@H](O)CC3(C)C)[C@](C)(O)C1. The van der Waals surface area contributed by atoms with E-state index in [-0.39, 0.29) is 40.7 Å². The van der Waals surface area contributed by atoms with Gasteiger partial charge in [0.2, 0.25) is 0 Å². The fourth-order valence-corrected chi connectivity index (χ4v) is 8.39. The van der Waals surface area contributed by atoms with Crippen molar-refractivity contribution in [3.8, 4) is 0 Å². The van der Waals surface area contributed by atoms with Gasteiger partial charge in [0.05, 0.1) is 17.3 Å². The monoisotopic (exact) mass is 664 g/mol. The predicted octanol–water partition coefficient (Wildman–Crippen LogP) is 8.94. The minimum Gasteiger partial charge on any atom is -0.462 e. The van der Waals surface area contributed by atoms with Crippen LogP contribution in [0.1, 0.15) is 121 Å². The van der Waals surface area contributed by atoms with Crippen LogP contribution < -0.4 is 0 Å². The number of epoxide rings is 1. The Hall–Kier alpha value is -2.54. The molecule has 268 valence electrons. The molecule has 6 heteroatoms. The summed E-state index contributed by atoms with van der Waals surface area (Å²) in [5.74, 6) is 0.788. The molecule has 2 saturated carbocycles. The first-order valence-electron chi connectivity index (χ1n) is 18.0. The van der Waals surface area contributed by atoms with Gasteiger partial charge in [0, 0.05) is 26.2 Å². The molecule has 48 heavy (non-hydrogen) atoms. The molecule has 0 aromatic rings. The molecule has 3 unspecified atom stereocenters. The van der Waals surface area contributed by atoms with Gasteiger partial charge in [-0.05, 0) is 86.2 Å². The molecule has 0 radical (unpaired) electrons. The summed E-state index contributed by atoms with van der Waals surface area (Å²) in [6.07, 6.45) is 25.1. The van der Waals surface area contributed by atoms with Gasteiger partial charge in [0.25, 0.3) is 0 Å². The van der Waals surface area contributed by atoms with Gasteiger partial charge < -0.3 is 19.7 Å². The molecule has 3 fully saturated rings. The quantitative estimate of drug-likeness (QED) is 0.0633. The Bertz CT molecular complexity index is 1320. The summed E-state index contributed by atoms with van der Waals surface area (Å²) in [6.45, 7) is 22.1. The number of esters is 1. The number of rotatable bonds is 14. The molecule has 0 aromatic carbocycles. The van der Waals surface area contributed by atoms with E-state index in [0.717, 1.165) is 30.4 Å². The molecule has 6 nitrogen and oxygen atoms in total. The Morgan fingerprint density at radius 2 is 1.48 bits per heavy atom. The molecule has 0 amide bonds. The number of hydrogen-bond donors (Lipinski definition) is 2. The van der Waals surface area contributed by atoms with E-state index in [9.17, 15) is 19.8 Å². The third kappa shape index (κ3) is 10.0. The van der Waals surface area contributed by atoms with E-state index in [1.54, 1.807) is 0 Å². The van der Waals surface area contributed by atoms with Gasteiger partial charge in [-0.25, -0.2) is 0 Å². The third-order valence-corrected chi connectivity index (χ3v) is 10.9. The van der Waals surface area contributed by atoms with Crippen molar-refractivity contribution >= 4 is 11.8 Å². The van der Waals surface area contributed by atoms with Gasteiger partial charge in [-0.3, -0.25) is 9.59 Å². The summed E-state index contributed by atoms with van der Waals surface area (Å²) in [4.78, 5) is 24.6. The van der Waals surface area contributed by atoms with Crippen LogP contribution in [0.2, 0.25) is 0 Å². The number of hydrogen-bond acceptors (Lipinski definition) is 6. The van der Waals surface area contributed by atoms with Gasteiger partial charge in [0.15, 0.2) is 5.78 Å². The zero-order chi connectivity index (χ0) is 36.1. The lowest BCUT2D eigenvalue weighted by Crippen LogP contribution is -2.48. The Balaban J connectivity index is 1.42. The number of allylic oxidation sites excluding steroid dienone is 11. The van der Waals surface area contributed by atoms with Crippen LogP contribution in [-0.2, 0) is 19.1 Å². The van der Waals surface area contributed by atoms with Gasteiger partial charge in [-0.2, -0.15) is 0 Å². The molecule has 8 atom stereocenters. The summed E-state index contributed by atoms with van der Waals surface area (Å²) in [5.41, 5.74) is -0.621. The van der Waals surface area contributed by atoms with Crippen molar-refractivity contribution in [3.05, 3.63) is 71.9 Å². The van der Waals surface area contributed by atoms with E-state index < -0.39 is 16.8 Å². The highest BCUT2D eigenvalue weighted by atomic mass is 16.6. The molecular formula is C42H64O6. The summed E-state index contributed by atoms with van der Waals surface area (Å²) in [6, 6.07) is 0. The molecule has 3 rings (SSSR count). The second kappa shape index (κ2) is 15.6. The van der Waals surface area contributed by atoms with Crippen molar-refractivity contribution in [1.29, 1.82) is 0 Å². The minimum atomic E-state index is -0.987. The van der Waals surface area contributed by atoms with Gasteiger partial charge in [-0.15, -0.1) is 0 Å². The normalized spacial score (nSPS) is 34.5. The van der Waals surface area contributed by atoms with Gasteiger partial charge in [0.1, 0.15) is 11.7 Å². The summed E-state index contributed by atoms with van der Waals surface area (Å²) < 4.78 is 11.6. The molecule has 1 aliphatic heterocycles. The number of Topliss-reactive ketones (excluding diaryl/α,β-unsaturated/α-hetero) is 1. The highest BCUT2D eigenvalue weighted by Crippen LogP contribution is 2.67. The molecule has 1 saturated heterocycles. The molecule has 1 heterocycles. The van der Waals surface area contributed by atoms with Crippen LogP contribution in [-0.4, -0.2) is 51.0 Å². The van der Waals surface area contributed by atoms with E-state index in [2.05, 4.69) is 97.1 Å². The smallest absolute Gasteiger partial charge is 0.302 e. The predicted molar refractivity (Wildman–Crippen MR) is 195 cm³/mol. The lowest BCUT2D eigenvalue weighted by molar-refractivity contribution is -0.152. The molecule has 0 aromatic heterocycles. The Morgan fingerprint density at radius 3 is 2.06 bits per heavy atom. The largest absolute Gasteiger partial charge is 0.462 e. The van der Waals surface area contributed by atoms with E-state index in [1.165, 1.54) is 6.92 Å². The Kier molecular flexibility index (Phi) is 12.9. The lowest BCUT2D eigenvalue weighted by Gasteiger charge is -2.46. The number of carbonyl (C=O) groups excluding carboxylic acids is 2. The second-order valence-electron chi connectivity index (χ2n) is 16.8. The van der Waals surface area contributed by atoms with Gasteiger partial charge >= 0.3 is 5.97 Å². The number of aliphatic hydroxyl groups is 2. The van der Waals surface area contributed by atoms with Crippen molar-refractivity contribution in [3.63, 3.8) is 0 Å². The molecule has 0 bridgehead atoms. The Morgan fingerprint density at radius 1 is 0.875 bits per heavy atom. The topological polar surface area (TPSA) is 96.4 Å². The highest BCUT2D eigenvalue weighted by molar-refractivity contribution is 5.96. The minimum absolute atomic E-state index is 0.101. The maximum absolute atomic E-state index is 13.1. The van der Waals surface area contributed by atoms with E-state index in [1.807, 2.05) is 32.9 Å². The fourth-order valence-electron chi connectivity index (χ4n) is 8.39. The average molecular weight is 665 g/mol. The maximum atomic E-state index is 13.1. The van der Waals surface area contributed by atoms with Crippen molar-refractivity contribution in [2.45, 2.75) is 150 Å². The molecule has 2 N–H and O–H groups in total. The lowest BCUT2D eigenvalue weighted by atomic mass is 9.61. The van der Waals surface area contributed by atoms with Crippen LogP contribution in [0.5, 0.6) is 0 Å². The standard InChI is InChI=1S/C42H64O6/c1-29(18-14-19-31(3)22-23-37-38(6,7)26-35(47-33(5)43)27-40(37,10)46)16-12-13-17-30(2)20-15-21-32(4)36(45)28-42-39(8,9)24-34(44)25-41(42,11)48-42/h12-18,20-21,23,29-31,34-35,44,46H,19,22,24-28H2,1-11H3/b16-12+,17-13+,18-14+,20-15+,32-21+,37-23?/t29?,30?,31?,34-,35-,40+,41+,42-/m0/s1. The van der Waals surface area contributed by atoms with Crippen molar-refractivity contribution in [2.75, 3.05) is 0 Å². The van der Waals surface area contributed by atoms with Crippen LogP contribution >= 0.6 is 0 Å². The Labute approximate surface area is 291 Å². The third-order valence-electron chi connectivity index (χ3n) is 10.9. The molecule has 0 spiro atoms. The van der Waals surface area contributed by atoms with Crippen LogP contribution in [0, 0.1) is 28.6 Å². The van der Waals surface area contributed by atoms with E-state index >= 15 is 0 Å². The van der Waals surface area contributed by atoms with E-state index in [0.29, 0.717) is 37.5 Å². The van der Waals surface area contributed by atoms with E-state index in [4.69, 9.17) is 9.47 Å². The second-order valence-corrected chi connectivity index (χ2v) is 16.8. The van der Waals surface area contributed by atoms with Crippen LogP contribution in [0.15, 0.2) is 71.9 Å². The first kappa shape index (κ1) is 39.9. The summed E-state index contributed by atoms with van der Waals surface area (Å²) in [5, 5.41) is 21.5. The van der Waals surface area contributed by atoms with Crippen LogP contribution in [0.4, 0.5) is 0 Å². The molecular weight excluding hydrogens is 600 g/mol. The zero-order valence-corrected chi connectivity index (χ0v) is 31.6. The first-order chi connectivity index (χ1) is 22.1. The average Bonchev–Trinajstić information content (AvgIpc) is 3.53. The van der Waals surface area contributed by atoms with Crippen molar-refractivity contribution < 1.29 is 29.3 Å². The first-order valence-corrected chi connectivity index (χ1v) is 18.0. The highest BCUT2D eigenvalue weighted by Gasteiger charge is 2.76. The zero-order valence-electron chi connectivity index (χ0n) is 31.6. The number of ether oxygens (including phenoxy) is 2. The summed E-state index contributed by atoms with van der Waals surface area (Å²) >= 11 is 0. The fraction of sp³-hybridized carbons (Fsp3) is 0.667. The van der Waals surface area contributed by atoms with Gasteiger partial charge in [-0.1, -0.05) is 109 Å². The summed E-state index contributed by atoms with van der Waals surface area (Å²) in [7, 11) is 0. The number of ketones is 1. The molecule has 3 aliphatic rings. The number of fused-ring (bicyclic) bond motifs is 1. The van der Waals surface area contributed by atoms with Crippen LogP contribution in [0.25, 0.3) is 0 Å². The van der Waals surface area contributed by atoms with Crippen LogP contribution in [0.3, 0.4) is 0 Å².